The van der Waals surface area contributed by atoms with Gasteiger partial charge >= 0.3 is 0 Å². The van der Waals surface area contributed by atoms with Crippen LogP contribution >= 0.6 is 0 Å². The van der Waals surface area contributed by atoms with Crippen molar-refractivity contribution in [3.05, 3.63) is 48.5 Å². The fourth-order valence-corrected chi connectivity index (χ4v) is 5.14. The lowest BCUT2D eigenvalue weighted by atomic mass is 10.0. The van der Waals surface area contributed by atoms with E-state index in [-0.39, 0.29) is 16.4 Å². The Morgan fingerprint density at radius 2 is 1.55 bits per heavy atom. The minimum Gasteiger partial charge on any atom is -0.484 e. The number of benzene rings is 2. The molecule has 0 radical (unpaired) electrons. The van der Waals surface area contributed by atoms with Crippen LogP contribution in [0.3, 0.4) is 0 Å². The number of nitrogens with zero attached hydrogens (tertiary/aromatic N) is 1. The summed E-state index contributed by atoms with van der Waals surface area (Å²) in [5.74, 6) is 0.424. The molecular formula is C20H25N3O6S2. The monoisotopic (exact) mass is 467 g/mol. The molecule has 3 rings (SSSR count). The van der Waals surface area contributed by atoms with Gasteiger partial charge < -0.3 is 10.1 Å². The highest BCUT2D eigenvalue weighted by molar-refractivity contribution is 7.89. The van der Waals surface area contributed by atoms with Gasteiger partial charge in [0.15, 0.2) is 6.61 Å². The molecule has 2 aromatic carbocycles. The average molecular weight is 468 g/mol. The number of piperidine rings is 1. The van der Waals surface area contributed by atoms with Gasteiger partial charge in [-0.2, -0.15) is 4.31 Å². The Hall–Kier alpha value is -2.47. The van der Waals surface area contributed by atoms with Crippen LogP contribution in [-0.2, 0) is 24.8 Å². The Kier molecular flexibility index (Phi) is 6.99. The lowest BCUT2D eigenvalue weighted by Crippen LogP contribution is -2.37. The van der Waals surface area contributed by atoms with Gasteiger partial charge in [0.1, 0.15) is 5.75 Å². The summed E-state index contributed by atoms with van der Waals surface area (Å²) in [7, 11) is -7.34. The number of hydrogen-bond donors (Lipinski definition) is 2. The Morgan fingerprint density at radius 3 is 2.10 bits per heavy atom. The zero-order valence-electron chi connectivity index (χ0n) is 17.0. The van der Waals surface area contributed by atoms with Gasteiger partial charge in [-0.3, -0.25) is 4.79 Å². The second-order valence-corrected chi connectivity index (χ2v) is 11.0. The van der Waals surface area contributed by atoms with Crippen molar-refractivity contribution in [1.82, 2.24) is 4.31 Å². The molecule has 0 unspecified atom stereocenters. The van der Waals surface area contributed by atoms with E-state index in [1.54, 1.807) is 0 Å². The molecule has 0 spiro atoms. The van der Waals surface area contributed by atoms with Crippen LogP contribution in [0, 0.1) is 5.92 Å². The van der Waals surface area contributed by atoms with Gasteiger partial charge in [0.25, 0.3) is 5.91 Å². The SMILES string of the molecule is CC1CCN(S(=O)(=O)c2ccc(OCC(=O)Nc3ccc(S(N)(=O)=O)cc3)cc2)CC1. The van der Waals surface area contributed by atoms with Gasteiger partial charge in [-0.05, 0) is 67.3 Å². The van der Waals surface area contributed by atoms with Crippen molar-refractivity contribution in [2.24, 2.45) is 11.1 Å². The maximum atomic E-state index is 12.7. The van der Waals surface area contributed by atoms with E-state index >= 15 is 0 Å². The maximum Gasteiger partial charge on any atom is 0.262 e. The van der Waals surface area contributed by atoms with Crippen LogP contribution < -0.4 is 15.2 Å². The lowest BCUT2D eigenvalue weighted by Gasteiger charge is -2.29. The molecule has 1 heterocycles. The van der Waals surface area contributed by atoms with E-state index in [0.29, 0.717) is 30.4 Å². The number of ether oxygens (including phenoxy) is 1. The summed E-state index contributed by atoms with van der Waals surface area (Å²) in [6, 6.07) is 11.3. The third kappa shape index (κ3) is 6.03. The van der Waals surface area contributed by atoms with Crippen LogP contribution in [0.25, 0.3) is 0 Å². The number of carbonyl (C=O) groups is 1. The smallest absolute Gasteiger partial charge is 0.262 e. The van der Waals surface area contributed by atoms with Gasteiger partial charge in [0.2, 0.25) is 20.0 Å². The predicted molar refractivity (Wildman–Crippen MR) is 116 cm³/mol. The molecule has 1 aliphatic rings. The lowest BCUT2D eigenvalue weighted by molar-refractivity contribution is -0.118. The Morgan fingerprint density at radius 1 is 1.00 bits per heavy atom. The van der Waals surface area contributed by atoms with Crippen molar-refractivity contribution in [1.29, 1.82) is 0 Å². The van der Waals surface area contributed by atoms with Crippen molar-refractivity contribution in [3.63, 3.8) is 0 Å². The minimum absolute atomic E-state index is 0.0594. The number of nitrogens with one attached hydrogen (secondary N) is 1. The average Bonchev–Trinajstić information content (AvgIpc) is 2.73. The van der Waals surface area contributed by atoms with Gasteiger partial charge in [-0.15, -0.1) is 0 Å². The molecule has 1 aliphatic heterocycles. The Balaban J connectivity index is 1.54. The predicted octanol–water partition coefficient (Wildman–Crippen LogP) is 1.77. The highest BCUT2D eigenvalue weighted by Gasteiger charge is 2.27. The van der Waals surface area contributed by atoms with Crippen LogP contribution in [0.15, 0.2) is 58.3 Å². The summed E-state index contributed by atoms with van der Waals surface area (Å²) in [6.07, 6.45) is 1.70. The van der Waals surface area contributed by atoms with E-state index < -0.39 is 26.0 Å². The third-order valence-electron chi connectivity index (χ3n) is 5.04. The van der Waals surface area contributed by atoms with Gasteiger partial charge in [-0.25, -0.2) is 22.0 Å². The number of hydrogen-bond acceptors (Lipinski definition) is 6. The molecule has 3 N–H and O–H groups in total. The van der Waals surface area contributed by atoms with Crippen LogP contribution in [-0.4, -0.2) is 46.7 Å². The second-order valence-electron chi connectivity index (χ2n) is 7.46. The van der Waals surface area contributed by atoms with Gasteiger partial charge in [-0.1, -0.05) is 6.92 Å². The quantitative estimate of drug-likeness (QED) is 0.637. The van der Waals surface area contributed by atoms with Crippen molar-refractivity contribution in [2.75, 3.05) is 25.0 Å². The van der Waals surface area contributed by atoms with E-state index in [1.165, 1.54) is 52.8 Å². The molecule has 1 fully saturated rings. The van der Waals surface area contributed by atoms with Crippen molar-refractivity contribution in [3.8, 4) is 5.75 Å². The third-order valence-corrected chi connectivity index (χ3v) is 7.88. The number of primary sulfonamides is 1. The van der Waals surface area contributed by atoms with Crippen LogP contribution in [0.2, 0.25) is 0 Å². The topological polar surface area (TPSA) is 136 Å². The Bertz CT molecular complexity index is 1120. The molecule has 1 amide bonds. The fourth-order valence-electron chi connectivity index (χ4n) is 3.16. The molecular weight excluding hydrogens is 442 g/mol. The first-order valence-electron chi connectivity index (χ1n) is 9.71. The molecule has 0 atom stereocenters. The van der Waals surface area contributed by atoms with E-state index in [1.807, 2.05) is 0 Å². The zero-order chi connectivity index (χ0) is 22.6. The zero-order valence-corrected chi connectivity index (χ0v) is 18.7. The second kappa shape index (κ2) is 9.35. The first kappa shape index (κ1) is 23.2. The van der Waals surface area contributed by atoms with E-state index in [2.05, 4.69) is 12.2 Å². The normalized spacial score (nSPS) is 16.1. The highest BCUT2D eigenvalue weighted by Crippen LogP contribution is 2.24. The van der Waals surface area contributed by atoms with Crippen molar-refractivity contribution < 1.29 is 26.4 Å². The van der Waals surface area contributed by atoms with E-state index in [0.717, 1.165) is 12.8 Å². The minimum atomic E-state index is -3.80. The highest BCUT2D eigenvalue weighted by atomic mass is 32.2. The summed E-state index contributed by atoms with van der Waals surface area (Å²) < 4.78 is 54.9. The molecule has 0 bridgehead atoms. The number of sulfonamides is 2. The summed E-state index contributed by atoms with van der Waals surface area (Å²) >= 11 is 0. The molecule has 0 aromatic heterocycles. The summed E-state index contributed by atoms with van der Waals surface area (Å²) in [5, 5.41) is 7.60. The van der Waals surface area contributed by atoms with Gasteiger partial charge in [0, 0.05) is 18.8 Å². The molecule has 168 valence electrons. The maximum absolute atomic E-state index is 12.7. The van der Waals surface area contributed by atoms with Gasteiger partial charge in [0.05, 0.1) is 9.79 Å². The molecule has 1 saturated heterocycles. The summed E-state index contributed by atoms with van der Waals surface area (Å²) in [4.78, 5) is 12.2. The van der Waals surface area contributed by atoms with E-state index in [9.17, 15) is 21.6 Å². The van der Waals surface area contributed by atoms with E-state index in [4.69, 9.17) is 9.88 Å². The first-order valence-corrected chi connectivity index (χ1v) is 12.7. The van der Waals surface area contributed by atoms with Crippen molar-refractivity contribution >= 4 is 31.6 Å². The molecule has 9 nitrogen and oxygen atoms in total. The van der Waals surface area contributed by atoms with Crippen LogP contribution in [0.5, 0.6) is 5.75 Å². The molecule has 31 heavy (non-hydrogen) atoms. The number of carbonyl (C=O) groups excluding carboxylic acids is 1. The molecule has 11 heteroatoms. The molecule has 0 saturated carbocycles. The fraction of sp³-hybridized carbons (Fsp3) is 0.350. The van der Waals surface area contributed by atoms with Crippen molar-refractivity contribution in [2.45, 2.75) is 29.6 Å². The number of nitrogens with two attached hydrogens (primary N) is 1. The number of rotatable bonds is 7. The summed E-state index contributed by atoms with van der Waals surface area (Å²) in [6.45, 7) is 2.85. The Labute approximate surface area is 182 Å². The standard InChI is InChI=1S/C20H25N3O6S2/c1-15-10-12-23(13-11-15)31(27,28)19-8-4-17(5-9-19)29-14-20(24)22-16-2-6-18(7-3-16)30(21,25)26/h2-9,15H,10-14H2,1H3,(H,22,24)(H2,21,25,26). The molecule has 0 aliphatic carbocycles. The van der Waals surface area contributed by atoms with Crippen LogP contribution in [0.1, 0.15) is 19.8 Å². The van der Waals surface area contributed by atoms with Crippen LogP contribution in [0.4, 0.5) is 5.69 Å². The number of amides is 1. The first-order chi connectivity index (χ1) is 14.6. The number of anilines is 1. The summed E-state index contributed by atoms with van der Waals surface area (Å²) in [5.41, 5.74) is 0.387. The molecule has 2 aromatic rings. The largest absolute Gasteiger partial charge is 0.484 e.